The third-order valence-electron chi connectivity index (χ3n) is 4.80. The van der Waals surface area contributed by atoms with Gasteiger partial charge in [0.05, 0.1) is 11.1 Å². The quantitative estimate of drug-likeness (QED) is 0.481. The van der Waals surface area contributed by atoms with E-state index in [4.69, 9.17) is 4.42 Å². The number of hydrogen-bond acceptors (Lipinski definition) is 5. The zero-order valence-corrected chi connectivity index (χ0v) is 14.9. The number of aromatic nitrogens is 3. The zero-order chi connectivity index (χ0) is 19.3. The Labute approximate surface area is 159 Å². The van der Waals surface area contributed by atoms with Crippen LogP contribution >= 0.6 is 0 Å². The topological polar surface area (TPSA) is 92.0 Å². The van der Waals surface area contributed by atoms with Crippen LogP contribution in [0.2, 0.25) is 0 Å². The molecule has 2 aromatic carbocycles. The second kappa shape index (κ2) is 6.06. The van der Waals surface area contributed by atoms with E-state index in [0.29, 0.717) is 28.1 Å². The third kappa shape index (κ3) is 2.46. The monoisotopic (exact) mass is 369 g/mol. The van der Waals surface area contributed by atoms with E-state index in [9.17, 15) is 9.90 Å². The highest BCUT2D eigenvalue weighted by atomic mass is 16.4. The van der Waals surface area contributed by atoms with E-state index in [1.165, 1.54) is 0 Å². The van der Waals surface area contributed by atoms with Crippen molar-refractivity contribution in [2.24, 2.45) is 0 Å². The highest BCUT2D eigenvalue weighted by molar-refractivity contribution is 6.11. The van der Waals surface area contributed by atoms with Gasteiger partial charge in [0.2, 0.25) is 0 Å². The van der Waals surface area contributed by atoms with Crippen molar-refractivity contribution in [3.63, 3.8) is 0 Å². The van der Waals surface area contributed by atoms with E-state index in [2.05, 4.69) is 15.2 Å². The first kappa shape index (κ1) is 16.3. The van der Waals surface area contributed by atoms with Gasteiger partial charge in [-0.05, 0) is 37.3 Å². The van der Waals surface area contributed by atoms with Crippen molar-refractivity contribution in [3.05, 3.63) is 76.8 Å². The third-order valence-corrected chi connectivity index (χ3v) is 4.80. The number of hydrogen-bond donors (Lipinski definition) is 2. The molecule has 136 valence electrons. The van der Waals surface area contributed by atoms with Crippen molar-refractivity contribution in [3.8, 4) is 28.3 Å². The number of aromatic hydroxyl groups is 1. The van der Waals surface area contributed by atoms with Crippen LogP contribution in [-0.2, 0) is 0 Å². The van der Waals surface area contributed by atoms with Gasteiger partial charge in [-0.25, -0.2) is 9.78 Å². The highest BCUT2D eigenvalue weighted by Crippen LogP contribution is 2.34. The smallest absolute Gasteiger partial charge is 0.346 e. The van der Waals surface area contributed by atoms with E-state index in [1.54, 1.807) is 24.3 Å². The molecular formula is C22H15N3O3. The number of H-pyrrole nitrogens is 1. The summed E-state index contributed by atoms with van der Waals surface area (Å²) in [4.78, 5) is 17.6. The molecule has 6 heteroatoms. The predicted molar refractivity (Wildman–Crippen MR) is 107 cm³/mol. The molecule has 0 unspecified atom stereocenters. The molecule has 0 aliphatic carbocycles. The number of rotatable bonds is 2. The summed E-state index contributed by atoms with van der Waals surface area (Å²) in [5, 5.41) is 18.7. The summed E-state index contributed by atoms with van der Waals surface area (Å²) in [6.45, 7) is 1.90. The molecule has 0 spiro atoms. The standard InChI is InChI=1S/C22H15N3O3/c1-12-18-16-11-17(13-5-3-2-4-6-13)28-22(27)19(16)20(23-21(18)25-24-12)14-7-9-15(26)10-8-14/h2-11,26H,1H3,(H,23,24,25). The summed E-state index contributed by atoms with van der Waals surface area (Å²) in [5.41, 5.74) is 2.88. The summed E-state index contributed by atoms with van der Waals surface area (Å²) in [5.74, 6) is 0.631. The molecule has 0 atom stereocenters. The number of nitrogens with zero attached hydrogens (tertiary/aromatic N) is 2. The van der Waals surface area contributed by atoms with Crippen molar-refractivity contribution in [1.82, 2.24) is 15.2 Å². The number of aryl methyl sites for hydroxylation is 1. The molecule has 0 aliphatic rings. The molecule has 6 nitrogen and oxygen atoms in total. The summed E-state index contributed by atoms with van der Waals surface area (Å²) in [6.07, 6.45) is 0. The number of pyridine rings is 1. The highest BCUT2D eigenvalue weighted by Gasteiger charge is 2.19. The van der Waals surface area contributed by atoms with Gasteiger partial charge >= 0.3 is 5.63 Å². The normalized spacial score (nSPS) is 11.3. The molecule has 3 heterocycles. The largest absolute Gasteiger partial charge is 0.508 e. The fraction of sp³-hybridized carbons (Fsp3) is 0.0455. The molecule has 2 N–H and O–H groups in total. The van der Waals surface area contributed by atoms with Crippen LogP contribution in [0.1, 0.15) is 5.69 Å². The van der Waals surface area contributed by atoms with Crippen LogP contribution in [0.15, 0.2) is 69.9 Å². The molecule has 0 fully saturated rings. The van der Waals surface area contributed by atoms with Crippen LogP contribution in [0, 0.1) is 6.92 Å². The van der Waals surface area contributed by atoms with E-state index >= 15 is 0 Å². The summed E-state index contributed by atoms with van der Waals surface area (Å²) >= 11 is 0. The maximum atomic E-state index is 13.0. The summed E-state index contributed by atoms with van der Waals surface area (Å²) < 4.78 is 5.65. The molecule has 28 heavy (non-hydrogen) atoms. The van der Waals surface area contributed by atoms with Crippen molar-refractivity contribution < 1.29 is 9.52 Å². The van der Waals surface area contributed by atoms with Crippen molar-refractivity contribution in [1.29, 1.82) is 0 Å². The second-order valence-electron chi connectivity index (χ2n) is 6.61. The molecule has 0 bridgehead atoms. The fourth-order valence-electron chi connectivity index (χ4n) is 3.47. The van der Waals surface area contributed by atoms with E-state index in [0.717, 1.165) is 22.0 Å². The molecule has 0 saturated carbocycles. The van der Waals surface area contributed by atoms with Gasteiger partial charge in [-0.2, -0.15) is 5.10 Å². The Kier molecular flexibility index (Phi) is 3.52. The first-order chi connectivity index (χ1) is 13.6. The Bertz CT molecular complexity index is 1380. The molecular weight excluding hydrogens is 354 g/mol. The molecule has 0 amide bonds. The molecule has 0 saturated heterocycles. The average molecular weight is 369 g/mol. The average Bonchev–Trinajstić information content (AvgIpc) is 3.09. The molecule has 5 rings (SSSR count). The van der Waals surface area contributed by atoms with Gasteiger partial charge in [0, 0.05) is 27.6 Å². The minimum Gasteiger partial charge on any atom is -0.508 e. The number of phenols is 1. The van der Waals surface area contributed by atoms with Gasteiger partial charge in [-0.3, -0.25) is 5.10 Å². The van der Waals surface area contributed by atoms with E-state index in [-0.39, 0.29) is 5.75 Å². The minimum absolute atomic E-state index is 0.142. The van der Waals surface area contributed by atoms with E-state index < -0.39 is 5.63 Å². The van der Waals surface area contributed by atoms with Crippen LogP contribution in [0.4, 0.5) is 0 Å². The molecule has 0 aliphatic heterocycles. The lowest BCUT2D eigenvalue weighted by molar-refractivity contribution is 0.475. The van der Waals surface area contributed by atoms with Gasteiger partial charge in [0.1, 0.15) is 11.5 Å². The van der Waals surface area contributed by atoms with Crippen molar-refractivity contribution in [2.45, 2.75) is 6.92 Å². The maximum Gasteiger partial charge on any atom is 0.346 e. The van der Waals surface area contributed by atoms with Crippen LogP contribution in [0.25, 0.3) is 44.4 Å². The van der Waals surface area contributed by atoms with Gasteiger partial charge in [0.25, 0.3) is 0 Å². The molecule has 5 aromatic rings. The van der Waals surface area contributed by atoms with E-state index in [1.807, 2.05) is 43.3 Å². The number of aromatic amines is 1. The number of nitrogens with one attached hydrogen (secondary N) is 1. The maximum absolute atomic E-state index is 13.0. The van der Waals surface area contributed by atoms with Gasteiger partial charge in [-0.15, -0.1) is 0 Å². The van der Waals surface area contributed by atoms with Crippen LogP contribution in [-0.4, -0.2) is 20.3 Å². The minimum atomic E-state index is -0.463. The number of fused-ring (bicyclic) bond motifs is 3. The molecule has 0 radical (unpaired) electrons. The summed E-state index contributed by atoms with van der Waals surface area (Å²) in [6, 6.07) is 17.9. The first-order valence-electron chi connectivity index (χ1n) is 8.79. The van der Waals surface area contributed by atoms with Gasteiger partial charge in [0.15, 0.2) is 5.65 Å². The lowest BCUT2D eigenvalue weighted by atomic mass is 10.0. The molecule has 3 aromatic heterocycles. The van der Waals surface area contributed by atoms with Crippen LogP contribution in [0.5, 0.6) is 5.75 Å². The second-order valence-corrected chi connectivity index (χ2v) is 6.61. The number of benzene rings is 2. The number of phenolic OH excluding ortho intramolecular Hbond substituents is 1. The lowest BCUT2D eigenvalue weighted by Gasteiger charge is -2.09. The van der Waals surface area contributed by atoms with Gasteiger partial charge in [-0.1, -0.05) is 30.3 Å². The summed E-state index contributed by atoms with van der Waals surface area (Å²) in [7, 11) is 0. The predicted octanol–water partition coefficient (Wildman–Crippen LogP) is 4.41. The van der Waals surface area contributed by atoms with Crippen LogP contribution < -0.4 is 5.63 Å². The SMILES string of the molecule is Cc1[nH]nc2nc(-c3ccc(O)cc3)c3c(=O)oc(-c4ccccc4)cc3c12. The van der Waals surface area contributed by atoms with Crippen molar-refractivity contribution >= 4 is 21.8 Å². The Hall–Kier alpha value is -3.93. The van der Waals surface area contributed by atoms with Crippen LogP contribution in [0.3, 0.4) is 0 Å². The Balaban J connectivity index is 1.92. The Morgan fingerprint density at radius 2 is 1.71 bits per heavy atom. The fourth-order valence-corrected chi connectivity index (χ4v) is 3.47. The Morgan fingerprint density at radius 1 is 0.964 bits per heavy atom. The first-order valence-corrected chi connectivity index (χ1v) is 8.79. The zero-order valence-electron chi connectivity index (χ0n) is 14.9. The van der Waals surface area contributed by atoms with Gasteiger partial charge < -0.3 is 9.52 Å². The Morgan fingerprint density at radius 3 is 2.46 bits per heavy atom. The van der Waals surface area contributed by atoms with Crippen molar-refractivity contribution in [2.75, 3.05) is 0 Å². The lowest BCUT2D eigenvalue weighted by Crippen LogP contribution is -2.04.